The summed E-state index contributed by atoms with van der Waals surface area (Å²) in [4.78, 5) is 10.6. The topological polar surface area (TPSA) is 43.1 Å². The summed E-state index contributed by atoms with van der Waals surface area (Å²) in [5.41, 5.74) is 5.64. The van der Waals surface area contributed by atoms with Gasteiger partial charge in [-0.3, -0.25) is 0 Å². The Balaban J connectivity index is 3.15. The minimum absolute atomic E-state index is 0.378. The molecule has 0 aliphatic carbocycles. The van der Waals surface area contributed by atoms with Crippen molar-refractivity contribution in [3.05, 3.63) is 29.8 Å². The third-order valence-electron chi connectivity index (χ3n) is 1.17. The third kappa shape index (κ3) is 1.38. The molecule has 0 atom stereocenters. The summed E-state index contributed by atoms with van der Waals surface area (Å²) in [6, 6.07) is 7.19. The zero-order chi connectivity index (χ0) is 7.56. The maximum atomic E-state index is 10.6. The van der Waals surface area contributed by atoms with Gasteiger partial charge in [0, 0.05) is 0 Å². The predicted octanol–water partition coefficient (Wildman–Crippen LogP) is -0.688. The van der Waals surface area contributed by atoms with Crippen molar-refractivity contribution in [2.24, 2.45) is 5.73 Å². The van der Waals surface area contributed by atoms with E-state index in [2.05, 4.69) is 16.0 Å². The fourth-order valence-electron chi connectivity index (χ4n) is 0.682. The molecule has 1 rings (SSSR count). The summed E-state index contributed by atoms with van der Waals surface area (Å²) in [5, 5.41) is 0. The molecule has 10 heavy (non-hydrogen) atoms. The number of nitrogens with two attached hydrogens (primary N) is 1. The first-order valence-corrected chi connectivity index (χ1v) is 3.73. The molecular weight excluding hydrogens is 193 g/mol. The van der Waals surface area contributed by atoms with Crippen LogP contribution in [0.3, 0.4) is 0 Å². The van der Waals surface area contributed by atoms with Crippen LogP contribution in [0.2, 0.25) is 0 Å². The number of carbonyl (C=O) groups excluding carboxylic acids is 1. The zero-order valence-electron chi connectivity index (χ0n) is 5.24. The van der Waals surface area contributed by atoms with Crippen molar-refractivity contribution in [3.63, 3.8) is 0 Å². The first kappa shape index (κ1) is 7.32. The van der Waals surface area contributed by atoms with Crippen LogP contribution in [0.25, 0.3) is 0 Å². The zero-order valence-corrected chi connectivity index (χ0v) is 7.12. The van der Waals surface area contributed by atoms with Crippen LogP contribution in [0.4, 0.5) is 0 Å². The summed E-state index contributed by atoms with van der Waals surface area (Å²) < 4.78 is 0.863. The van der Waals surface area contributed by atoms with E-state index >= 15 is 0 Å². The van der Waals surface area contributed by atoms with Crippen LogP contribution in [0.15, 0.2) is 24.3 Å². The molecule has 1 amide bonds. The molecule has 52 valence electrons. The van der Waals surface area contributed by atoms with E-state index in [4.69, 9.17) is 5.73 Å². The molecule has 2 N–H and O–H groups in total. The monoisotopic (exact) mass is 201 g/mol. The second kappa shape index (κ2) is 2.86. The number of amides is 1. The van der Waals surface area contributed by atoms with Gasteiger partial charge in [0.25, 0.3) is 0 Å². The molecule has 2 nitrogen and oxygen atoms in total. The van der Waals surface area contributed by atoms with Crippen molar-refractivity contribution in [2.45, 2.75) is 0 Å². The van der Waals surface area contributed by atoms with Crippen LogP contribution in [-0.2, 0) is 0 Å². The van der Waals surface area contributed by atoms with Gasteiger partial charge in [0.1, 0.15) is 0 Å². The third-order valence-corrected chi connectivity index (χ3v) is 1.99. The van der Waals surface area contributed by atoms with E-state index in [0.717, 1.165) is 4.46 Å². The van der Waals surface area contributed by atoms with E-state index < -0.39 is 0 Å². The van der Waals surface area contributed by atoms with E-state index in [0.29, 0.717) is 5.56 Å². The average Bonchev–Trinajstić information content (AvgIpc) is 1.88. The molecular formula is C7H7NOSe. The Bertz CT molecular complexity index is 260. The van der Waals surface area contributed by atoms with Gasteiger partial charge in [-0.15, -0.1) is 0 Å². The van der Waals surface area contributed by atoms with Crippen molar-refractivity contribution >= 4 is 26.4 Å². The molecule has 0 bridgehead atoms. The van der Waals surface area contributed by atoms with Gasteiger partial charge in [0.05, 0.1) is 0 Å². The maximum absolute atomic E-state index is 10.6. The molecule has 0 aliphatic rings. The van der Waals surface area contributed by atoms with Crippen molar-refractivity contribution < 1.29 is 4.79 Å². The second-order valence-electron chi connectivity index (χ2n) is 1.88. The SMILES string of the molecule is NC(=O)c1ccccc1[SeH]. The van der Waals surface area contributed by atoms with Crippen LogP contribution in [-0.4, -0.2) is 21.9 Å². The van der Waals surface area contributed by atoms with Gasteiger partial charge >= 0.3 is 66.7 Å². The van der Waals surface area contributed by atoms with E-state index in [-0.39, 0.29) is 5.91 Å². The Morgan fingerprint density at radius 2 is 2.00 bits per heavy atom. The molecule has 0 fully saturated rings. The van der Waals surface area contributed by atoms with Crippen molar-refractivity contribution in [3.8, 4) is 0 Å². The van der Waals surface area contributed by atoms with Gasteiger partial charge in [0.15, 0.2) is 0 Å². The van der Waals surface area contributed by atoms with E-state index in [1.165, 1.54) is 0 Å². The number of rotatable bonds is 1. The summed E-state index contributed by atoms with van der Waals surface area (Å²) in [6.45, 7) is 0. The molecule has 3 heteroatoms. The predicted molar refractivity (Wildman–Crippen MR) is 41.7 cm³/mol. The summed E-state index contributed by atoms with van der Waals surface area (Å²) in [5.74, 6) is -0.378. The molecule has 0 aromatic heterocycles. The molecule has 0 saturated carbocycles. The number of primary amides is 1. The summed E-state index contributed by atoms with van der Waals surface area (Å²) >= 11 is 2.31. The van der Waals surface area contributed by atoms with Crippen molar-refractivity contribution in [1.82, 2.24) is 0 Å². The fraction of sp³-hybridized carbons (Fsp3) is 0. The van der Waals surface area contributed by atoms with Gasteiger partial charge in [-0.25, -0.2) is 0 Å². The van der Waals surface area contributed by atoms with Gasteiger partial charge < -0.3 is 0 Å². The Kier molecular flexibility index (Phi) is 2.09. The van der Waals surface area contributed by atoms with E-state index in [1.807, 2.05) is 12.1 Å². The van der Waals surface area contributed by atoms with Crippen LogP contribution in [0, 0.1) is 0 Å². The quantitative estimate of drug-likeness (QED) is 0.599. The number of carbonyl (C=O) groups is 1. The summed E-state index contributed by atoms with van der Waals surface area (Å²) in [6.07, 6.45) is 0. The van der Waals surface area contributed by atoms with Crippen LogP contribution in [0.5, 0.6) is 0 Å². The second-order valence-corrected chi connectivity index (χ2v) is 2.89. The fourth-order valence-corrected chi connectivity index (χ4v) is 1.25. The Morgan fingerprint density at radius 1 is 1.40 bits per heavy atom. The van der Waals surface area contributed by atoms with Gasteiger partial charge in [-0.2, -0.15) is 0 Å². The number of hydrogen-bond donors (Lipinski definition) is 1. The molecule has 0 aliphatic heterocycles. The molecule has 1 aromatic rings. The van der Waals surface area contributed by atoms with Crippen LogP contribution < -0.4 is 10.2 Å². The minimum atomic E-state index is -0.378. The van der Waals surface area contributed by atoms with E-state index in [9.17, 15) is 4.79 Å². The first-order chi connectivity index (χ1) is 4.72. The molecule has 0 unspecified atom stereocenters. The van der Waals surface area contributed by atoms with Gasteiger partial charge in [-0.05, 0) is 0 Å². The normalized spacial score (nSPS) is 9.30. The molecule has 0 heterocycles. The van der Waals surface area contributed by atoms with E-state index in [1.54, 1.807) is 12.1 Å². The van der Waals surface area contributed by atoms with Gasteiger partial charge in [0.2, 0.25) is 0 Å². The van der Waals surface area contributed by atoms with Crippen molar-refractivity contribution in [2.75, 3.05) is 0 Å². The first-order valence-electron chi connectivity index (χ1n) is 2.79. The Labute approximate surface area is 67.2 Å². The Hall–Kier alpha value is -0.791. The van der Waals surface area contributed by atoms with Crippen LogP contribution >= 0.6 is 0 Å². The number of hydrogen-bond acceptors (Lipinski definition) is 1. The number of benzene rings is 1. The summed E-state index contributed by atoms with van der Waals surface area (Å²) in [7, 11) is 0. The van der Waals surface area contributed by atoms with Gasteiger partial charge in [-0.1, -0.05) is 0 Å². The van der Waals surface area contributed by atoms with Crippen LogP contribution in [0.1, 0.15) is 10.4 Å². The Morgan fingerprint density at radius 3 is 2.40 bits per heavy atom. The average molecular weight is 200 g/mol. The molecule has 0 saturated heterocycles. The molecule has 0 spiro atoms. The van der Waals surface area contributed by atoms with Crippen molar-refractivity contribution in [1.29, 1.82) is 0 Å². The molecule has 1 aromatic carbocycles. The standard InChI is InChI=1S/C7H7NOSe/c8-7(9)5-3-1-2-4-6(5)10/h1-4,10H,(H2,8,9). The molecule has 0 radical (unpaired) electrons.